The molecule has 1 atom stereocenters. The Hall–Kier alpha value is -1.91. The van der Waals surface area contributed by atoms with Crippen molar-refractivity contribution in [1.82, 2.24) is 19.6 Å². The Labute approximate surface area is 130 Å². The molecule has 0 bridgehead atoms. The van der Waals surface area contributed by atoms with E-state index >= 15 is 0 Å². The van der Waals surface area contributed by atoms with E-state index in [1.807, 2.05) is 0 Å². The van der Waals surface area contributed by atoms with E-state index in [2.05, 4.69) is 20.4 Å². The maximum Gasteiger partial charge on any atom is 0.453 e. The molecule has 0 aliphatic carbocycles. The fourth-order valence-corrected chi connectivity index (χ4v) is 2.71. The number of hydrogen-bond donors (Lipinski definition) is 1. The number of fused-ring (bicyclic) bond motifs is 1. The third kappa shape index (κ3) is 4.53. The number of alkyl halides is 3. The van der Waals surface area contributed by atoms with Gasteiger partial charge in [0.1, 0.15) is 15.7 Å². The highest BCUT2D eigenvalue weighted by molar-refractivity contribution is 7.90. The summed E-state index contributed by atoms with van der Waals surface area (Å²) in [6.45, 7) is 3.35. The lowest BCUT2D eigenvalue weighted by Crippen LogP contribution is -2.21. The lowest BCUT2D eigenvalue weighted by atomic mass is 10.2. The van der Waals surface area contributed by atoms with Crippen LogP contribution in [0.1, 0.15) is 24.9 Å². The SMILES string of the molecule is Cc1cc(NC(C)CCS(C)(=O)=O)n2nc(C(F)(F)F)nc2n1. The number of anilines is 1. The molecule has 0 amide bonds. The van der Waals surface area contributed by atoms with Crippen molar-refractivity contribution in [2.45, 2.75) is 32.5 Å². The number of hydrogen-bond acceptors (Lipinski definition) is 6. The van der Waals surface area contributed by atoms with Gasteiger partial charge in [-0.15, -0.1) is 5.10 Å². The Morgan fingerprint density at radius 2 is 2.00 bits per heavy atom. The number of nitrogens with one attached hydrogen (secondary N) is 1. The highest BCUT2D eigenvalue weighted by atomic mass is 32.2. The highest BCUT2D eigenvalue weighted by Crippen LogP contribution is 2.27. The molecule has 0 aliphatic heterocycles. The number of aromatic nitrogens is 4. The van der Waals surface area contributed by atoms with E-state index in [0.717, 1.165) is 10.8 Å². The molecule has 0 aliphatic rings. The van der Waals surface area contributed by atoms with Gasteiger partial charge < -0.3 is 5.32 Å². The van der Waals surface area contributed by atoms with E-state index in [-0.39, 0.29) is 23.4 Å². The second-order valence-corrected chi connectivity index (χ2v) is 7.65. The second kappa shape index (κ2) is 5.95. The summed E-state index contributed by atoms with van der Waals surface area (Å²) in [6, 6.07) is 1.24. The van der Waals surface area contributed by atoms with Crippen LogP contribution in [0.25, 0.3) is 5.78 Å². The Bertz CT molecular complexity index is 816. The fourth-order valence-electron chi connectivity index (χ4n) is 1.93. The molecule has 23 heavy (non-hydrogen) atoms. The average Bonchev–Trinajstić information content (AvgIpc) is 2.79. The van der Waals surface area contributed by atoms with Crippen LogP contribution in [-0.4, -0.2) is 46.1 Å². The molecule has 0 saturated heterocycles. The first-order valence-electron chi connectivity index (χ1n) is 6.71. The average molecular weight is 351 g/mol. The molecule has 1 N–H and O–H groups in total. The predicted molar refractivity (Wildman–Crippen MR) is 77.9 cm³/mol. The zero-order valence-electron chi connectivity index (χ0n) is 12.7. The van der Waals surface area contributed by atoms with Gasteiger partial charge in [0.05, 0.1) is 5.75 Å². The summed E-state index contributed by atoms with van der Waals surface area (Å²) in [4.78, 5) is 7.29. The van der Waals surface area contributed by atoms with Crippen molar-refractivity contribution in [1.29, 1.82) is 0 Å². The number of sulfone groups is 1. The first-order valence-corrected chi connectivity index (χ1v) is 8.77. The summed E-state index contributed by atoms with van der Waals surface area (Å²) in [5, 5.41) is 6.38. The number of rotatable bonds is 5. The Balaban J connectivity index is 2.31. The molecule has 0 aromatic carbocycles. The van der Waals surface area contributed by atoms with Gasteiger partial charge in [0.15, 0.2) is 0 Å². The quantitative estimate of drug-likeness (QED) is 0.882. The van der Waals surface area contributed by atoms with Gasteiger partial charge in [0, 0.05) is 24.1 Å². The largest absolute Gasteiger partial charge is 0.453 e. The van der Waals surface area contributed by atoms with Gasteiger partial charge in [0.2, 0.25) is 0 Å². The normalized spacial score (nSPS) is 14.2. The van der Waals surface area contributed by atoms with Gasteiger partial charge in [-0.25, -0.2) is 13.4 Å². The first-order chi connectivity index (χ1) is 10.5. The Morgan fingerprint density at radius 3 is 2.57 bits per heavy atom. The minimum atomic E-state index is -4.67. The van der Waals surface area contributed by atoms with Crippen molar-refractivity contribution >= 4 is 21.4 Å². The van der Waals surface area contributed by atoms with E-state index < -0.39 is 21.8 Å². The molecule has 2 heterocycles. The molecule has 2 rings (SSSR count). The third-order valence-corrected chi connectivity index (χ3v) is 3.99. The monoisotopic (exact) mass is 351 g/mol. The summed E-state index contributed by atoms with van der Waals surface area (Å²) in [5.41, 5.74) is 0.469. The first kappa shape index (κ1) is 17.4. The third-order valence-electron chi connectivity index (χ3n) is 3.01. The van der Waals surface area contributed by atoms with E-state index in [4.69, 9.17) is 0 Å². The van der Waals surface area contributed by atoms with E-state index in [1.54, 1.807) is 13.8 Å². The maximum absolute atomic E-state index is 12.7. The molecule has 7 nitrogen and oxygen atoms in total. The van der Waals surface area contributed by atoms with Crippen molar-refractivity contribution in [2.24, 2.45) is 0 Å². The zero-order valence-corrected chi connectivity index (χ0v) is 13.5. The van der Waals surface area contributed by atoms with Crippen LogP contribution in [0.15, 0.2) is 6.07 Å². The van der Waals surface area contributed by atoms with Gasteiger partial charge >= 0.3 is 6.18 Å². The van der Waals surface area contributed by atoms with E-state index in [0.29, 0.717) is 12.1 Å². The molecule has 2 aromatic heterocycles. The summed E-state index contributed by atoms with van der Waals surface area (Å²) in [5.74, 6) is -1.20. The molecule has 2 aromatic rings. The molecule has 0 radical (unpaired) electrons. The predicted octanol–water partition coefficient (Wildman–Crippen LogP) is 1.69. The minimum absolute atomic E-state index is 0.0282. The van der Waals surface area contributed by atoms with E-state index in [1.165, 1.54) is 6.07 Å². The van der Waals surface area contributed by atoms with Crippen LogP contribution in [0.4, 0.5) is 19.0 Å². The molecule has 1 unspecified atom stereocenters. The van der Waals surface area contributed by atoms with Crippen LogP contribution in [0, 0.1) is 6.92 Å². The molecule has 128 valence electrons. The van der Waals surface area contributed by atoms with Gasteiger partial charge in [-0.1, -0.05) is 0 Å². The topological polar surface area (TPSA) is 89.2 Å². The molecule has 0 spiro atoms. The Morgan fingerprint density at radius 1 is 1.35 bits per heavy atom. The van der Waals surface area contributed by atoms with Gasteiger partial charge in [-0.05, 0) is 20.3 Å². The molecule has 0 saturated carbocycles. The summed E-state index contributed by atoms with van der Waals surface area (Å²) >= 11 is 0. The second-order valence-electron chi connectivity index (χ2n) is 5.39. The van der Waals surface area contributed by atoms with Crippen molar-refractivity contribution in [3.63, 3.8) is 0 Å². The fraction of sp³-hybridized carbons (Fsp3) is 0.583. The van der Waals surface area contributed by atoms with E-state index in [9.17, 15) is 21.6 Å². The van der Waals surface area contributed by atoms with Gasteiger partial charge in [-0.2, -0.15) is 22.7 Å². The summed E-state index contributed by atoms with van der Waals surface area (Å²) in [6.07, 6.45) is -3.23. The summed E-state index contributed by atoms with van der Waals surface area (Å²) < 4.78 is 61.5. The van der Waals surface area contributed by atoms with Crippen LogP contribution < -0.4 is 5.32 Å². The maximum atomic E-state index is 12.7. The van der Waals surface area contributed by atoms with Gasteiger partial charge in [0.25, 0.3) is 11.6 Å². The lowest BCUT2D eigenvalue weighted by molar-refractivity contribution is -0.144. The highest BCUT2D eigenvalue weighted by Gasteiger charge is 2.36. The van der Waals surface area contributed by atoms with Crippen LogP contribution in [-0.2, 0) is 16.0 Å². The molecule has 11 heteroatoms. The van der Waals surface area contributed by atoms with Gasteiger partial charge in [-0.3, -0.25) is 0 Å². The number of aryl methyl sites for hydroxylation is 1. The smallest absolute Gasteiger partial charge is 0.367 e. The Kier molecular flexibility index (Phi) is 4.51. The van der Waals surface area contributed by atoms with Crippen molar-refractivity contribution in [3.05, 3.63) is 17.6 Å². The van der Waals surface area contributed by atoms with Crippen LogP contribution >= 0.6 is 0 Å². The molecular formula is C12H16F3N5O2S. The van der Waals surface area contributed by atoms with Crippen molar-refractivity contribution < 1.29 is 21.6 Å². The minimum Gasteiger partial charge on any atom is -0.367 e. The lowest BCUT2D eigenvalue weighted by Gasteiger charge is -2.15. The molecular weight excluding hydrogens is 335 g/mol. The van der Waals surface area contributed by atoms with Crippen LogP contribution in [0.3, 0.4) is 0 Å². The van der Waals surface area contributed by atoms with Crippen molar-refractivity contribution in [2.75, 3.05) is 17.3 Å². The standard InChI is InChI=1S/C12H16F3N5O2S/c1-7(4-5-23(3,21)22)16-9-6-8(2)17-11-18-10(12(13,14)15)19-20(9)11/h6-7,16H,4-5H2,1-3H3. The molecule has 0 fully saturated rings. The van der Waals surface area contributed by atoms with Crippen LogP contribution in [0.5, 0.6) is 0 Å². The zero-order chi connectivity index (χ0) is 17.4. The van der Waals surface area contributed by atoms with Crippen molar-refractivity contribution in [3.8, 4) is 0 Å². The number of nitrogens with zero attached hydrogens (tertiary/aromatic N) is 4. The summed E-state index contributed by atoms with van der Waals surface area (Å²) in [7, 11) is -3.11. The van der Waals surface area contributed by atoms with Crippen LogP contribution in [0.2, 0.25) is 0 Å². The number of halogens is 3.